The number of benzene rings is 2. The van der Waals surface area contributed by atoms with Crippen LogP contribution in [-0.4, -0.2) is 24.5 Å². The minimum Gasteiger partial charge on any atom is -0.277 e. The van der Waals surface area contributed by atoms with E-state index in [4.69, 9.17) is 15.0 Å². The summed E-state index contributed by atoms with van der Waals surface area (Å²) in [6.45, 7) is 4.48. The van der Waals surface area contributed by atoms with E-state index in [0.717, 1.165) is 43.7 Å². The predicted molar refractivity (Wildman–Crippen MR) is 163 cm³/mol. The lowest BCUT2D eigenvalue weighted by molar-refractivity contribution is 0.670. The number of hydrogen-bond acceptors (Lipinski definition) is 4. The Bertz CT molecular complexity index is 2120. The maximum Gasteiger partial charge on any atom is 0.238 e. The zero-order valence-corrected chi connectivity index (χ0v) is 22.2. The molecule has 3 heterocycles. The van der Waals surface area contributed by atoms with E-state index in [1.165, 1.54) is 10.8 Å². The normalized spacial score (nSPS) is 14.1. The smallest absolute Gasteiger partial charge is 0.238 e. The number of aromatic nitrogens is 5. The minimum absolute atomic E-state index is 0.0669. The van der Waals surface area contributed by atoms with Crippen LogP contribution in [0.3, 0.4) is 0 Å². The Kier molecular flexibility index (Phi) is 4.80. The van der Waals surface area contributed by atoms with Crippen molar-refractivity contribution in [2.75, 3.05) is 0 Å². The van der Waals surface area contributed by atoms with Crippen molar-refractivity contribution >= 4 is 44.7 Å². The monoisotopic (exact) mass is 515 g/mol. The molecule has 0 saturated heterocycles. The highest BCUT2D eigenvalue weighted by molar-refractivity contribution is 6.14. The third kappa shape index (κ3) is 3.55. The fraction of sp³-hybridized carbons (Fsp3) is 0.0857. The Morgan fingerprint density at radius 2 is 1.32 bits per heavy atom. The summed E-state index contributed by atoms with van der Waals surface area (Å²) in [5, 5.41) is 5.70. The molecule has 0 fully saturated rings. The summed E-state index contributed by atoms with van der Waals surface area (Å²) in [7, 11) is 0. The van der Waals surface area contributed by atoms with E-state index in [1.54, 1.807) is 0 Å². The highest BCUT2D eigenvalue weighted by Crippen LogP contribution is 2.36. The van der Waals surface area contributed by atoms with Crippen LogP contribution in [0.15, 0.2) is 103 Å². The number of rotatable bonds is 3. The second-order valence-electron chi connectivity index (χ2n) is 11.0. The highest BCUT2D eigenvalue weighted by Gasteiger charge is 2.23. The third-order valence-corrected chi connectivity index (χ3v) is 7.70. The van der Waals surface area contributed by atoms with Crippen molar-refractivity contribution < 1.29 is 0 Å². The summed E-state index contributed by atoms with van der Waals surface area (Å²) >= 11 is 0. The van der Waals surface area contributed by atoms with Gasteiger partial charge in [-0.2, -0.15) is 9.97 Å². The Labute approximate surface area is 231 Å². The number of nitrogens with zero attached hydrogens (tertiary/aromatic N) is 5. The largest absolute Gasteiger partial charge is 0.277 e. The van der Waals surface area contributed by atoms with E-state index in [9.17, 15) is 0 Å². The van der Waals surface area contributed by atoms with Crippen LogP contribution < -0.4 is 5.22 Å². The predicted octanol–water partition coefficient (Wildman–Crippen LogP) is 7.40. The number of fused-ring (bicyclic) bond motifs is 6. The lowest BCUT2D eigenvalue weighted by atomic mass is 9.87. The minimum atomic E-state index is -0.0669. The first-order chi connectivity index (χ1) is 19.5. The fourth-order valence-electron chi connectivity index (χ4n) is 5.84. The average Bonchev–Trinajstić information content (AvgIpc) is 3.53. The van der Waals surface area contributed by atoms with Gasteiger partial charge in [-0.3, -0.25) is 9.55 Å². The van der Waals surface area contributed by atoms with Gasteiger partial charge in [-0.1, -0.05) is 92.7 Å². The Morgan fingerprint density at radius 1 is 0.675 bits per heavy atom. The highest BCUT2D eigenvalue weighted by atomic mass is 15.2. The molecule has 0 N–H and O–H groups in total. The van der Waals surface area contributed by atoms with Gasteiger partial charge in [-0.15, -0.1) is 0 Å². The summed E-state index contributed by atoms with van der Waals surface area (Å²) in [5.74, 6) is 1.88. The summed E-state index contributed by atoms with van der Waals surface area (Å²) in [5.41, 5.74) is 5.22. The standard InChI is InChI=1S/C35H25N5/c1-35(2)15-13-24-17-25-18-26-19-27-21-36-16-14-28(27)30(26)40(31(25)29(24)20-35)34-38-32(22-9-5-3-6-10-22)37-33(39-34)23-11-7-4-8-12-23/h3-21H,1-2H3. The quantitative estimate of drug-likeness (QED) is 0.246. The summed E-state index contributed by atoms with van der Waals surface area (Å²) in [4.78, 5) is 19.6. The molecule has 1 aliphatic carbocycles. The van der Waals surface area contributed by atoms with E-state index in [2.05, 4.69) is 65.9 Å². The van der Waals surface area contributed by atoms with Gasteiger partial charge in [0.25, 0.3) is 0 Å². The van der Waals surface area contributed by atoms with Gasteiger partial charge in [0.1, 0.15) is 0 Å². The molecule has 190 valence electrons. The molecular formula is C35H25N5. The molecule has 0 bridgehead atoms. The lowest BCUT2D eigenvalue weighted by Crippen LogP contribution is -2.19. The molecule has 40 heavy (non-hydrogen) atoms. The first-order valence-electron chi connectivity index (χ1n) is 13.5. The van der Waals surface area contributed by atoms with Gasteiger partial charge in [0, 0.05) is 55.7 Å². The van der Waals surface area contributed by atoms with Crippen molar-refractivity contribution in [2.24, 2.45) is 5.41 Å². The van der Waals surface area contributed by atoms with E-state index in [0.29, 0.717) is 17.6 Å². The van der Waals surface area contributed by atoms with Gasteiger partial charge in [0.05, 0.1) is 11.0 Å². The molecule has 0 unspecified atom stereocenters. The van der Waals surface area contributed by atoms with Crippen LogP contribution in [0.1, 0.15) is 19.4 Å². The van der Waals surface area contributed by atoms with E-state index < -0.39 is 0 Å². The van der Waals surface area contributed by atoms with Crippen LogP contribution in [0.25, 0.3) is 73.5 Å². The molecule has 4 aromatic carbocycles. The van der Waals surface area contributed by atoms with E-state index in [-0.39, 0.29) is 5.41 Å². The van der Waals surface area contributed by atoms with Crippen molar-refractivity contribution in [3.8, 4) is 28.7 Å². The first-order valence-corrected chi connectivity index (χ1v) is 13.5. The summed E-state index contributed by atoms with van der Waals surface area (Å²) < 4.78 is 2.25. The molecule has 3 aromatic heterocycles. The molecule has 0 amide bonds. The molecule has 0 aliphatic heterocycles. The van der Waals surface area contributed by atoms with Gasteiger partial charge in [0.2, 0.25) is 5.95 Å². The maximum absolute atomic E-state index is 5.14. The fourth-order valence-corrected chi connectivity index (χ4v) is 5.84. The maximum atomic E-state index is 5.14. The van der Waals surface area contributed by atoms with Crippen LogP contribution in [0.4, 0.5) is 0 Å². The van der Waals surface area contributed by atoms with Crippen LogP contribution in [0.2, 0.25) is 0 Å². The van der Waals surface area contributed by atoms with Gasteiger partial charge in [-0.05, 0) is 29.8 Å². The number of allylic oxidation sites excluding steroid dienone is 1. The molecule has 0 spiro atoms. The van der Waals surface area contributed by atoms with E-state index >= 15 is 0 Å². The van der Waals surface area contributed by atoms with Crippen LogP contribution in [0, 0.1) is 5.41 Å². The van der Waals surface area contributed by atoms with Gasteiger partial charge in [0.15, 0.2) is 11.6 Å². The Balaban J connectivity index is 1.56. The zero-order chi connectivity index (χ0) is 26.8. The molecule has 5 nitrogen and oxygen atoms in total. The zero-order valence-electron chi connectivity index (χ0n) is 22.2. The summed E-state index contributed by atoms with van der Waals surface area (Å²) in [6.07, 6.45) is 10.6. The molecular weight excluding hydrogens is 490 g/mol. The van der Waals surface area contributed by atoms with Crippen molar-refractivity contribution in [3.05, 3.63) is 114 Å². The van der Waals surface area contributed by atoms with Crippen molar-refractivity contribution in [1.29, 1.82) is 0 Å². The molecule has 5 heteroatoms. The van der Waals surface area contributed by atoms with E-state index in [1.807, 2.05) is 73.1 Å². The SMILES string of the molecule is CC1(C)C=Cc2cc3cc4cc5cnccc5c4n(-c4nc(-c5ccccc5)nc(-c5ccccc5)n4)c3c2=C1. The topological polar surface area (TPSA) is 56.5 Å². The summed E-state index contributed by atoms with van der Waals surface area (Å²) in [6, 6.07) is 29.1. The van der Waals surface area contributed by atoms with Crippen molar-refractivity contribution in [2.45, 2.75) is 13.8 Å². The molecule has 0 atom stereocenters. The average molecular weight is 516 g/mol. The van der Waals surface area contributed by atoms with Crippen LogP contribution >= 0.6 is 0 Å². The molecule has 7 aromatic rings. The lowest BCUT2D eigenvalue weighted by Gasteiger charge is -2.19. The molecule has 0 radical (unpaired) electrons. The van der Waals surface area contributed by atoms with Crippen LogP contribution in [-0.2, 0) is 0 Å². The van der Waals surface area contributed by atoms with Crippen LogP contribution in [0.5, 0.6) is 0 Å². The Morgan fingerprint density at radius 3 is 2.02 bits per heavy atom. The molecule has 1 aliphatic rings. The third-order valence-electron chi connectivity index (χ3n) is 7.70. The second kappa shape index (κ2) is 8.42. The molecule has 0 saturated carbocycles. The van der Waals surface area contributed by atoms with Gasteiger partial charge >= 0.3 is 0 Å². The first kappa shape index (κ1) is 22.8. The molecule has 8 rings (SSSR count). The number of hydrogen-bond donors (Lipinski definition) is 0. The second-order valence-corrected chi connectivity index (χ2v) is 11.0. The van der Waals surface area contributed by atoms with Crippen molar-refractivity contribution in [3.63, 3.8) is 0 Å². The van der Waals surface area contributed by atoms with Gasteiger partial charge < -0.3 is 0 Å². The Hall–Kier alpha value is -5.16. The van der Waals surface area contributed by atoms with Gasteiger partial charge in [-0.25, -0.2) is 4.98 Å². The van der Waals surface area contributed by atoms with Crippen molar-refractivity contribution in [1.82, 2.24) is 24.5 Å². The number of pyridine rings is 2.